The summed E-state index contributed by atoms with van der Waals surface area (Å²) < 4.78 is 0. The highest BCUT2D eigenvalue weighted by Crippen LogP contribution is 2.28. The number of nitrogens with two attached hydrogens (primary N) is 1. The number of rotatable bonds is 3. The fourth-order valence-electron chi connectivity index (χ4n) is 2.30. The van der Waals surface area contributed by atoms with Crippen molar-refractivity contribution in [2.24, 2.45) is 5.84 Å². The number of halogens is 1. The van der Waals surface area contributed by atoms with E-state index in [9.17, 15) is 0 Å². The second-order valence-electron chi connectivity index (χ2n) is 4.90. The Labute approximate surface area is 119 Å². The van der Waals surface area contributed by atoms with Gasteiger partial charge in [0.05, 0.1) is 6.04 Å². The summed E-state index contributed by atoms with van der Waals surface area (Å²) in [7, 11) is 0. The van der Waals surface area contributed by atoms with Gasteiger partial charge in [-0.1, -0.05) is 41.9 Å². The minimum absolute atomic E-state index is 0.0177. The van der Waals surface area contributed by atoms with Crippen molar-refractivity contribution in [1.82, 2.24) is 5.43 Å². The molecule has 0 saturated carbocycles. The molecule has 100 valence electrons. The van der Waals surface area contributed by atoms with Crippen molar-refractivity contribution in [3.05, 3.63) is 69.2 Å². The molecule has 0 aliphatic rings. The standard InChI is InChI=1S/C16H19ClN2/c1-10-5-4-6-14(12(10)3)16(19-18)13-7-8-15(17)11(2)9-13/h4-9,16,19H,18H2,1-3H3. The molecule has 2 nitrogen and oxygen atoms in total. The van der Waals surface area contributed by atoms with Gasteiger partial charge in [-0.15, -0.1) is 0 Å². The summed E-state index contributed by atoms with van der Waals surface area (Å²) in [5.41, 5.74) is 8.82. The van der Waals surface area contributed by atoms with E-state index in [2.05, 4.69) is 43.5 Å². The molecular weight excluding hydrogens is 256 g/mol. The molecule has 1 atom stereocenters. The average Bonchev–Trinajstić information content (AvgIpc) is 2.39. The molecule has 0 spiro atoms. The summed E-state index contributed by atoms with van der Waals surface area (Å²) in [6.45, 7) is 6.24. The Bertz CT molecular complexity index is 593. The fraction of sp³-hybridized carbons (Fsp3) is 0.250. The zero-order valence-corrected chi connectivity index (χ0v) is 12.3. The Morgan fingerprint density at radius 2 is 1.79 bits per heavy atom. The van der Waals surface area contributed by atoms with E-state index < -0.39 is 0 Å². The molecule has 0 aliphatic heterocycles. The molecule has 0 aromatic heterocycles. The van der Waals surface area contributed by atoms with Crippen LogP contribution in [0.2, 0.25) is 5.02 Å². The largest absolute Gasteiger partial charge is 0.271 e. The minimum Gasteiger partial charge on any atom is -0.271 e. The van der Waals surface area contributed by atoms with Gasteiger partial charge in [-0.3, -0.25) is 5.84 Å². The van der Waals surface area contributed by atoms with Crippen LogP contribution >= 0.6 is 11.6 Å². The first-order chi connectivity index (χ1) is 9.04. The van der Waals surface area contributed by atoms with Gasteiger partial charge in [0.25, 0.3) is 0 Å². The van der Waals surface area contributed by atoms with E-state index in [1.54, 1.807) is 0 Å². The Kier molecular flexibility index (Phi) is 4.25. The zero-order valence-electron chi connectivity index (χ0n) is 11.5. The second-order valence-corrected chi connectivity index (χ2v) is 5.30. The second kappa shape index (κ2) is 5.74. The molecule has 0 fully saturated rings. The molecule has 3 heteroatoms. The Morgan fingerprint density at radius 3 is 2.42 bits per heavy atom. The van der Waals surface area contributed by atoms with Crippen molar-refractivity contribution in [3.63, 3.8) is 0 Å². The molecule has 2 aromatic rings. The number of benzene rings is 2. The van der Waals surface area contributed by atoms with E-state index in [0.29, 0.717) is 0 Å². The zero-order chi connectivity index (χ0) is 14.0. The Hall–Kier alpha value is -1.35. The molecule has 0 heterocycles. The third-order valence-corrected chi connectivity index (χ3v) is 4.06. The molecule has 0 radical (unpaired) electrons. The maximum absolute atomic E-state index is 6.08. The fourth-order valence-corrected chi connectivity index (χ4v) is 2.42. The predicted molar refractivity (Wildman–Crippen MR) is 81.3 cm³/mol. The molecule has 3 N–H and O–H groups in total. The summed E-state index contributed by atoms with van der Waals surface area (Å²) in [4.78, 5) is 0. The first-order valence-electron chi connectivity index (χ1n) is 6.33. The lowest BCUT2D eigenvalue weighted by Crippen LogP contribution is -2.29. The Morgan fingerprint density at radius 1 is 1.05 bits per heavy atom. The van der Waals surface area contributed by atoms with Crippen LogP contribution in [0.15, 0.2) is 36.4 Å². The summed E-state index contributed by atoms with van der Waals surface area (Å²) >= 11 is 6.08. The molecule has 2 rings (SSSR count). The topological polar surface area (TPSA) is 38.0 Å². The molecule has 1 unspecified atom stereocenters. The van der Waals surface area contributed by atoms with Crippen LogP contribution in [0.1, 0.15) is 33.9 Å². The van der Waals surface area contributed by atoms with Crippen molar-refractivity contribution in [2.45, 2.75) is 26.8 Å². The van der Waals surface area contributed by atoms with Crippen LogP contribution in [0.5, 0.6) is 0 Å². The van der Waals surface area contributed by atoms with Gasteiger partial charge in [0.15, 0.2) is 0 Å². The summed E-state index contributed by atoms with van der Waals surface area (Å²) in [5, 5.41) is 0.778. The predicted octanol–water partition coefficient (Wildman–Crippen LogP) is 3.82. The van der Waals surface area contributed by atoms with Crippen molar-refractivity contribution in [3.8, 4) is 0 Å². The van der Waals surface area contributed by atoms with E-state index in [1.165, 1.54) is 16.7 Å². The van der Waals surface area contributed by atoms with Gasteiger partial charge >= 0.3 is 0 Å². The normalized spacial score (nSPS) is 12.5. The summed E-state index contributed by atoms with van der Waals surface area (Å²) in [6, 6.07) is 12.3. The first kappa shape index (κ1) is 14.1. The van der Waals surface area contributed by atoms with Crippen LogP contribution in [0.4, 0.5) is 0 Å². The molecule has 0 amide bonds. The van der Waals surface area contributed by atoms with Crippen LogP contribution in [-0.4, -0.2) is 0 Å². The maximum atomic E-state index is 6.08. The average molecular weight is 275 g/mol. The smallest absolute Gasteiger partial charge is 0.0712 e. The molecule has 0 saturated heterocycles. The lowest BCUT2D eigenvalue weighted by molar-refractivity contribution is 0.633. The lowest BCUT2D eigenvalue weighted by atomic mass is 9.92. The van der Waals surface area contributed by atoms with Crippen molar-refractivity contribution < 1.29 is 0 Å². The molecule has 19 heavy (non-hydrogen) atoms. The van der Waals surface area contributed by atoms with Gasteiger partial charge in [-0.05, 0) is 54.7 Å². The van der Waals surface area contributed by atoms with Crippen LogP contribution in [0.3, 0.4) is 0 Å². The number of nitrogens with one attached hydrogen (secondary N) is 1. The van der Waals surface area contributed by atoms with Crippen molar-refractivity contribution >= 4 is 11.6 Å². The third kappa shape index (κ3) is 2.81. The first-order valence-corrected chi connectivity index (χ1v) is 6.70. The van der Waals surface area contributed by atoms with E-state index in [4.69, 9.17) is 17.4 Å². The van der Waals surface area contributed by atoms with E-state index >= 15 is 0 Å². The van der Waals surface area contributed by atoms with E-state index in [-0.39, 0.29) is 6.04 Å². The molecular formula is C16H19ClN2. The number of hydrazine groups is 1. The van der Waals surface area contributed by atoms with Crippen molar-refractivity contribution in [2.75, 3.05) is 0 Å². The van der Waals surface area contributed by atoms with Gasteiger partial charge in [0.2, 0.25) is 0 Å². The van der Waals surface area contributed by atoms with Crippen LogP contribution < -0.4 is 11.3 Å². The van der Waals surface area contributed by atoms with Gasteiger partial charge in [-0.25, -0.2) is 5.43 Å². The molecule has 0 bridgehead atoms. The molecule has 2 aromatic carbocycles. The van der Waals surface area contributed by atoms with Crippen LogP contribution in [-0.2, 0) is 0 Å². The maximum Gasteiger partial charge on any atom is 0.0712 e. The van der Waals surface area contributed by atoms with E-state index in [0.717, 1.165) is 16.1 Å². The SMILES string of the molecule is Cc1cc(C(NN)c2cccc(C)c2C)ccc1Cl. The Balaban J connectivity index is 2.50. The number of aryl methyl sites for hydroxylation is 2. The van der Waals surface area contributed by atoms with Crippen LogP contribution in [0, 0.1) is 20.8 Å². The summed E-state index contributed by atoms with van der Waals surface area (Å²) in [6.07, 6.45) is 0. The highest BCUT2D eigenvalue weighted by molar-refractivity contribution is 6.31. The number of hydrogen-bond acceptors (Lipinski definition) is 2. The van der Waals surface area contributed by atoms with Gasteiger partial charge in [0.1, 0.15) is 0 Å². The quantitative estimate of drug-likeness (QED) is 0.660. The van der Waals surface area contributed by atoms with Crippen molar-refractivity contribution in [1.29, 1.82) is 0 Å². The van der Waals surface area contributed by atoms with Gasteiger partial charge in [-0.2, -0.15) is 0 Å². The monoisotopic (exact) mass is 274 g/mol. The van der Waals surface area contributed by atoms with E-state index in [1.807, 2.05) is 19.1 Å². The lowest BCUT2D eigenvalue weighted by Gasteiger charge is -2.21. The molecule has 0 aliphatic carbocycles. The summed E-state index contributed by atoms with van der Waals surface area (Å²) in [5.74, 6) is 5.76. The highest BCUT2D eigenvalue weighted by atomic mass is 35.5. The number of hydrogen-bond donors (Lipinski definition) is 2. The minimum atomic E-state index is -0.0177. The van der Waals surface area contributed by atoms with Crippen LogP contribution in [0.25, 0.3) is 0 Å². The van der Waals surface area contributed by atoms with Gasteiger partial charge < -0.3 is 0 Å². The third-order valence-electron chi connectivity index (χ3n) is 3.64. The van der Waals surface area contributed by atoms with Gasteiger partial charge in [0, 0.05) is 5.02 Å². The highest BCUT2D eigenvalue weighted by Gasteiger charge is 2.15.